The molecule has 0 aliphatic rings. The molecule has 2 atom stereocenters. The molecule has 0 bridgehead atoms. The molecule has 2 unspecified atom stereocenters. The van der Waals surface area contributed by atoms with Gasteiger partial charge in [0.15, 0.2) is 0 Å². The van der Waals surface area contributed by atoms with Crippen LogP contribution < -0.4 is 5.73 Å². The minimum Gasteiger partial charge on any atom is -0.396 e. The van der Waals surface area contributed by atoms with Gasteiger partial charge >= 0.3 is 0 Å². The maximum atomic E-state index is 9.45. The Morgan fingerprint density at radius 3 is 2.65 bits per heavy atom. The summed E-state index contributed by atoms with van der Waals surface area (Å²) < 4.78 is 0. The van der Waals surface area contributed by atoms with Crippen molar-refractivity contribution in [3.8, 4) is 0 Å². The number of H-pyrrole nitrogens is 1. The van der Waals surface area contributed by atoms with Crippen molar-refractivity contribution in [2.45, 2.75) is 19.9 Å². The van der Waals surface area contributed by atoms with Crippen molar-refractivity contribution < 1.29 is 5.11 Å². The molecule has 0 saturated heterocycles. The van der Waals surface area contributed by atoms with Crippen LogP contribution in [-0.4, -0.2) is 16.7 Å². The Morgan fingerprint density at radius 1 is 1.29 bits per heavy atom. The zero-order chi connectivity index (χ0) is 12.4. The van der Waals surface area contributed by atoms with E-state index in [9.17, 15) is 5.11 Å². The summed E-state index contributed by atoms with van der Waals surface area (Å²) >= 11 is 0. The fourth-order valence-electron chi connectivity index (χ4n) is 2.34. The van der Waals surface area contributed by atoms with Crippen LogP contribution in [-0.2, 0) is 0 Å². The Morgan fingerprint density at radius 2 is 2.00 bits per heavy atom. The predicted octanol–water partition coefficient (Wildman–Crippen LogP) is 2.43. The van der Waals surface area contributed by atoms with E-state index in [1.165, 1.54) is 0 Å². The van der Waals surface area contributed by atoms with Crippen LogP contribution in [0.3, 0.4) is 0 Å². The number of aliphatic hydroxyl groups is 1. The van der Waals surface area contributed by atoms with Crippen molar-refractivity contribution in [3.05, 3.63) is 36.0 Å². The van der Waals surface area contributed by atoms with Gasteiger partial charge < -0.3 is 15.8 Å². The number of para-hydroxylation sites is 1. The monoisotopic (exact) mass is 232 g/mol. The van der Waals surface area contributed by atoms with E-state index in [1.54, 1.807) is 0 Å². The molecule has 2 aromatic rings. The molecular weight excluding hydrogens is 212 g/mol. The maximum Gasteiger partial charge on any atom is 0.0479 e. The number of hydrogen-bond donors (Lipinski definition) is 3. The number of rotatable bonds is 4. The van der Waals surface area contributed by atoms with Gasteiger partial charge in [-0.3, -0.25) is 0 Å². The van der Waals surface area contributed by atoms with Crippen LogP contribution in [0.4, 0.5) is 0 Å². The molecular formula is C14H20N2O. The van der Waals surface area contributed by atoms with Gasteiger partial charge in [0.05, 0.1) is 0 Å². The van der Waals surface area contributed by atoms with E-state index < -0.39 is 0 Å². The van der Waals surface area contributed by atoms with Crippen LogP contribution in [0.5, 0.6) is 0 Å². The van der Waals surface area contributed by atoms with Crippen LogP contribution in [0, 0.1) is 11.8 Å². The van der Waals surface area contributed by atoms with Gasteiger partial charge in [-0.2, -0.15) is 0 Å². The molecule has 1 aromatic carbocycles. The summed E-state index contributed by atoms with van der Waals surface area (Å²) in [6.45, 7) is 4.31. The third kappa shape index (κ3) is 2.21. The predicted molar refractivity (Wildman–Crippen MR) is 70.6 cm³/mol. The Hall–Kier alpha value is -1.32. The van der Waals surface area contributed by atoms with Gasteiger partial charge in [0.25, 0.3) is 0 Å². The molecule has 0 fully saturated rings. The second-order valence-electron chi connectivity index (χ2n) is 4.91. The Bertz CT molecular complexity index is 490. The van der Waals surface area contributed by atoms with Gasteiger partial charge in [-0.1, -0.05) is 32.0 Å². The zero-order valence-electron chi connectivity index (χ0n) is 10.4. The third-order valence-corrected chi connectivity index (χ3v) is 3.51. The highest BCUT2D eigenvalue weighted by Gasteiger charge is 2.23. The van der Waals surface area contributed by atoms with Gasteiger partial charge in [0.1, 0.15) is 0 Å². The number of hydrogen-bond acceptors (Lipinski definition) is 2. The molecule has 1 heterocycles. The van der Waals surface area contributed by atoms with E-state index in [-0.39, 0.29) is 18.6 Å². The van der Waals surface area contributed by atoms with Crippen molar-refractivity contribution in [1.29, 1.82) is 0 Å². The molecule has 4 N–H and O–H groups in total. The van der Waals surface area contributed by atoms with Crippen molar-refractivity contribution in [1.82, 2.24) is 4.98 Å². The summed E-state index contributed by atoms with van der Waals surface area (Å²) in [6.07, 6.45) is 1.96. The summed E-state index contributed by atoms with van der Waals surface area (Å²) in [5.41, 5.74) is 8.47. The summed E-state index contributed by atoms with van der Waals surface area (Å²) in [6, 6.07) is 7.98. The minimum absolute atomic E-state index is 0.0919. The smallest absolute Gasteiger partial charge is 0.0479 e. The highest BCUT2D eigenvalue weighted by Crippen LogP contribution is 2.30. The second-order valence-corrected chi connectivity index (χ2v) is 4.91. The number of nitrogens with one attached hydrogen (secondary N) is 1. The molecule has 2 rings (SSSR count). The highest BCUT2D eigenvalue weighted by atomic mass is 16.3. The quantitative estimate of drug-likeness (QED) is 0.758. The minimum atomic E-state index is -0.129. The van der Waals surface area contributed by atoms with Crippen molar-refractivity contribution >= 4 is 10.9 Å². The van der Waals surface area contributed by atoms with Crippen LogP contribution in [0.1, 0.15) is 25.5 Å². The van der Waals surface area contributed by atoms with Gasteiger partial charge in [-0.15, -0.1) is 0 Å². The number of aromatic nitrogens is 1. The largest absolute Gasteiger partial charge is 0.396 e. The fraction of sp³-hybridized carbons (Fsp3) is 0.429. The van der Waals surface area contributed by atoms with Gasteiger partial charge in [-0.25, -0.2) is 0 Å². The topological polar surface area (TPSA) is 62.0 Å². The molecule has 0 spiro atoms. The van der Waals surface area contributed by atoms with Gasteiger partial charge in [-0.05, 0) is 17.5 Å². The molecule has 17 heavy (non-hydrogen) atoms. The van der Waals surface area contributed by atoms with Crippen molar-refractivity contribution in [2.24, 2.45) is 17.6 Å². The van der Waals surface area contributed by atoms with E-state index >= 15 is 0 Å². The maximum absolute atomic E-state index is 9.45. The molecule has 0 aliphatic carbocycles. The Kier molecular flexibility index (Phi) is 3.50. The summed E-state index contributed by atoms with van der Waals surface area (Å²) in [4.78, 5) is 3.23. The molecule has 0 saturated carbocycles. The Balaban J connectivity index is 2.39. The molecule has 0 radical (unpaired) electrons. The van der Waals surface area contributed by atoms with E-state index in [0.717, 1.165) is 16.5 Å². The van der Waals surface area contributed by atoms with E-state index in [2.05, 4.69) is 24.9 Å². The summed E-state index contributed by atoms with van der Waals surface area (Å²) in [7, 11) is 0. The van der Waals surface area contributed by atoms with Gasteiger partial charge in [0, 0.05) is 35.7 Å². The molecule has 92 valence electrons. The Labute approximate surface area is 102 Å². The SMILES string of the molecule is CC(C)C(CO)C(N)c1c[nH]c2ccccc12. The van der Waals surface area contributed by atoms with Gasteiger partial charge in [0.2, 0.25) is 0 Å². The summed E-state index contributed by atoms with van der Waals surface area (Å²) in [5.74, 6) is 0.456. The number of benzene rings is 1. The lowest BCUT2D eigenvalue weighted by atomic mass is 9.85. The average Bonchev–Trinajstić information content (AvgIpc) is 2.72. The van der Waals surface area contributed by atoms with Crippen molar-refractivity contribution in [3.63, 3.8) is 0 Å². The molecule has 3 heteroatoms. The first-order chi connectivity index (χ1) is 8.15. The summed E-state index contributed by atoms with van der Waals surface area (Å²) in [5, 5.41) is 10.6. The number of aromatic amines is 1. The fourth-order valence-corrected chi connectivity index (χ4v) is 2.34. The number of nitrogens with two attached hydrogens (primary N) is 1. The first-order valence-corrected chi connectivity index (χ1v) is 6.07. The average molecular weight is 232 g/mol. The normalized spacial score (nSPS) is 15.4. The molecule has 3 nitrogen and oxygen atoms in total. The van der Waals surface area contributed by atoms with Crippen molar-refractivity contribution in [2.75, 3.05) is 6.61 Å². The zero-order valence-corrected chi connectivity index (χ0v) is 10.4. The van der Waals surface area contributed by atoms with E-state index in [0.29, 0.717) is 5.92 Å². The lowest BCUT2D eigenvalue weighted by Gasteiger charge is -2.25. The van der Waals surface area contributed by atoms with E-state index in [1.807, 2.05) is 24.4 Å². The van der Waals surface area contributed by atoms with E-state index in [4.69, 9.17) is 5.73 Å². The molecule has 0 aliphatic heterocycles. The third-order valence-electron chi connectivity index (χ3n) is 3.51. The molecule has 1 aromatic heterocycles. The first-order valence-electron chi connectivity index (χ1n) is 6.07. The standard InChI is InChI=1S/C14H20N2O/c1-9(2)12(8-17)14(15)11-7-16-13-6-4-3-5-10(11)13/h3-7,9,12,14,16-17H,8,15H2,1-2H3. The van der Waals surface area contributed by atoms with Crippen LogP contribution in [0.2, 0.25) is 0 Å². The second kappa shape index (κ2) is 4.90. The lowest BCUT2D eigenvalue weighted by Crippen LogP contribution is -2.28. The number of fused-ring (bicyclic) bond motifs is 1. The molecule has 0 amide bonds. The first kappa shape index (κ1) is 12.1. The highest BCUT2D eigenvalue weighted by molar-refractivity contribution is 5.83. The van der Waals surface area contributed by atoms with Crippen LogP contribution >= 0.6 is 0 Å². The van der Waals surface area contributed by atoms with Crippen LogP contribution in [0.25, 0.3) is 10.9 Å². The lowest BCUT2D eigenvalue weighted by molar-refractivity contribution is 0.166. The number of aliphatic hydroxyl groups excluding tert-OH is 1. The van der Waals surface area contributed by atoms with Crippen LogP contribution in [0.15, 0.2) is 30.5 Å².